The molecule has 0 N–H and O–H groups in total. The van der Waals surface area contributed by atoms with Crippen LogP contribution in [0.3, 0.4) is 0 Å². The Kier molecular flexibility index (Phi) is 5.92. The summed E-state index contributed by atoms with van der Waals surface area (Å²) in [5.41, 5.74) is 14.1. The van der Waals surface area contributed by atoms with Crippen molar-refractivity contribution in [2.24, 2.45) is 5.92 Å². The van der Waals surface area contributed by atoms with E-state index >= 15 is 0 Å². The number of aryl methyl sites for hydroxylation is 2. The summed E-state index contributed by atoms with van der Waals surface area (Å²) in [6.07, 6.45) is 11.8. The minimum absolute atomic E-state index is 0.258. The first-order valence-electron chi connectivity index (χ1n) is 13.6. The highest BCUT2D eigenvalue weighted by atomic mass is 14.4. The fourth-order valence-electron chi connectivity index (χ4n) is 7.01. The Bertz CT molecular complexity index is 1480. The monoisotopic (exact) mass is 468 g/mol. The summed E-state index contributed by atoms with van der Waals surface area (Å²) in [7, 11) is 0. The van der Waals surface area contributed by atoms with Crippen LogP contribution < -0.4 is 0 Å². The molecule has 3 aromatic rings. The Morgan fingerprint density at radius 1 is 0.972 bits per heavy atom. The van der Waals surface area contributed by atoms with Gasteiger partial charge < -0.3 is 0 Å². The maximum absolute atomic E-state index is 4.75. The Labute approximate surface area is 216 Å². The molecule has 0 saturated heterocycles. The van der Waals surface area contributed by atoms with Crippen LogP contribution >= 0.6 is 0 Å². The van der Waals surface area contributed by atoms with Gasteiger partial charge >= 0.3 is 0 Å². The van der Waals surface area contributed by atoms with Gasteiger partial charge in [0.15, 0.2) is 0 Å². The third-order valence-corrected chi connectivity index (χ3v) is 8.61. The van der Waals surface area contributed by atoms with Gasteiger partial charge in [-0.3, -0.25) is 0 Å². The topological polar surface area (TPSA) is 0 Å². The number of fused-ring (bicyclic) bond motifs is 3. The quantitative estimate of drug-likeness (QED) is 0.349. The van der Waals surface area contributed by atoms with E-state index in [1.807, 2.05) is 0 Å². The molecule has 0 amide bonds. The molecule has 1 fully saturated rings. The molecule has 0 heteroatoms. The summed E-state index contributed by atoms with van der Waals surface area (Å²) in [5, 5.41) is 2.66. The normalized spacial score (nSPS) is 22.2. The first-order valence-corrected chi connectivity index (χ1v) is 13.6. The molecular weight excluding hydrogens is 432 g/mol. The van der Waals surface area contributed by atoms with E-state index in [9.17, 15) is 0 Å². The van der Waals surface area contributed by atoms with Crippen LogP contribution in [0.5, 0.6) is 0 Å². The molecule has 1 saturated carbocycles. The molecule has 180 valence electrons. The van der Waals surface area contributed by atoms with Crippen molar-refractivity contribution in [2.75, 3.05) is 0 Å². The van der Waals surface area contributed by atoms with Crippen LogP contribution in [-0.2, 0) is 12.8 Å². The van der Waals surface area contributed by atoms with Gasteiger partial charge in [-0.05, 0) is 94.3 Å². The Hall–Kier alpha value is -3.38. The summed E-state index contributed by atoms with van der Waals surface area (Å²) in [6.45, 7) is 13.9. The minimum Gasteiger partial charge on any atom is -0.0955 e. The van der Waals surface area contributed by atoms with E-state index in [4.69, 9.17) is 6.58 Å². The first-order chi connectivity index (χ1) is 17.5. The standard InChI is InChI=1S/C36H36/c1-5-10-23(2)34-24(3)19-31-22-30(21-26-17-18-27-12-8-14-29(27)20-26)25(4)35(31)36(34)33-16-9-13-28-11-6-7-15-32(28)33/h6-7,9,11,13,15-21,35-36H,2,4-5,8,10,12,14,22H2,1,3H3. The predicted molar refractivity (Wildman–Crippen MR) is 155 cm³/mol. The highest BCUT2D eigenvalue weighted by molar-refractivity contribution is 5.87. The van der Waals surface area contributed by atoms with E-state index in [0.29, 0.717) is 5.92 Å². The molecule has 0 aliphatic heterocycles. The maximum Gasteiger partial charge on any atom is 0.0207 e. The van der Waals surface area contributed by atoms with Crippen molar-refractivity contribution < 1.29 is 0 Å². The SMILES string of the molecule is C=C(CCC)C1=C(C)C=C2CC(=Cc3ccc4c(c3)CCC4)C(=C)C2C1c1cccc2ccccc12. The second-order valence-corrected chi connectivity index (χ2v) is 10.9. The van der Waals surface area contributed by atoms with Crippen LogP contribution in [0.4, 0.5) is 0 Å². The maximum atomic E-state index is 4.75. The number of benzene rings is 3. The fraction of sp³-hybridized carbons (Fsp3) is 0.278. The Morgan fingerprint density at radius 3 is 2.64 bits per heavy atom. The van der Waals surface area contributed by atoms with Gasteiger partial charge in [0.05, 0.1) is 0 Å². The number of rotatable bonds is 5. The van der Waals surface area contributed by atoms with Crippen molar-refractivity contribution in [3.05, 3.63) is 136 Å². The molecule has 36 heavy (non-hydrogen) atoms. The summed E-state index contributed by atoms with van der Waals surface area (Å²) < 4.78 is 0. The van der Waals surface area contributed by atoms with Gasteiger partial charge in [0, 0.05) is 11.8 Å². The molecule has 6 rings (SSSR count). The Balaban J connectivity index is 1.47. The predicted octanol–water partition coefficient (Wildman–Crippen LogP) is 9.68. The molecule has 3 aromatic carbocycles. The van der Waals surface area contributed by atoms with E-state index in [1.54, 1.807) is 0 Å². The highest BCUT2D eigenvalue weighted by Gasteiger charge is 2.41. The van der Waals surface area contributed by atoms with Crippen LogP contribution in [0.15, 0.2) is 113 Å². The summed E-state index contributed by atoms with van der Waals surface area (Å²) in [5.74, 6) is 0.553. The third-order valence-electron chi connectivity index (χ3n) is 8.61. The number of hydrogen-bond acceptors (Lipinski definition) is 0. The highest BCUT2D eigenvalue weighted by Crippen LogP contribution is 2.56. The number of hydrogen-bond donors (Lipinski definition) is 0. The van der Waals surface area contributed by atoms with E-state index in [2.05, 4.69) is 93.2 Å². The largest absolute Gasteiger partial charge is 0.0955 e. The average molecular weight is 469 g/mol. The molecule has 0 spiro atoms. The van der Waals surface area contributed by atoms with Crippen molar-refractivity contribution in [1.29, 1.82) is 0 Å². The lowest BCUT2D eigenvalue weighted by molar-refractivity contribution is 0.623. The first kappa shape index (κ1) is 23.0. The van der Waals surface area contributed by atoms with E-state index in [1.165, 1.54) is 85.7 Å². The summed E-state index contributed by atoms with van der Waals surface area (Å²) in [4.78, 5) is 0. The van der Waals surface area contributed by atoms with Gasteiger partial charge in [-0.25, -0.2) is 0 Å². The lowest BCUT2D eigenvalue weighted by Crippen LogP contribution is -2.21. The van der Waals surface area contributed by atoms with Crippen LogP contribution in [0.25, 0.3) is 16.8 Å². The lowest BCUT2D eigenvalue weighted by atomic mass is 9.68. The van der Waals surface area contributed by atoms with Gasteiger partial charge in [-0.1, -0.05) is 110 Å². The summed E-state index contributed by atoms with van der Waals surface area (Å²) >= 11 is 0. The molecule has 2 atom stereocenters. The molecule has 0 heterocycles. The molecule has 3 aliphatic carbocycles. The molecule has 0 bridgehead atoms. The minimum atomic E-state index is 0.258. The summed E-state index contributed by atoms with van der Waals surface area (Å²) in [6, 6.07) is 22.7. The van der Waals surface area contributed by atoms with Crippen molar-refractivity contribution in [3.8, 4) is 0 Å². The van der Waals surface area contributed by atoms with Gasteiger partial charge in [0.25, 0.3) is 0 Å². The lowest BCUT2D eigenvalue weighted by Gasteiger charge is -2.35. The average Bonchev–Trinajstić information content (AvgIpc) is 3.47. The molecule has 0 nitrogen and oxygen atoms in total. The van der Waals surface area contributed by atoms with Crippen molar-refractivity contribution >= 4 is 16.8 Å². The van der Waals surface area contributed by atoms with Gasteiger partial charge in [0.2, 0.25) is 0 Å². The van der Waals surface area contributed by atoms with Crippen molar-refractivity contribution in [3.63, 3.8) is 0 Å². The zero-order valence-corrected chi connectivity index (χ0v) is 21.7. The second kappa shape index (κ2) is 9.25. The van der Waals surface area contributed by atoms with Crippen LogP contribution in [0.2, 0.25) is 0 Å². The van der Waals surface area contributed by atoms with Crippen molar-refractivity contribution in [1.82, 2.24) is 0 Å². The van der Waals surface area contributed by atoms with E-state index in [-0.39, 0.29) is 5.92 Å². The molecular formula is C36H36. The third kappa shape index (κ3) is 3.84. The molecule has 2 unspecified atom stereocenters. The van der Waals surface area contributed by atoms with Crippen molar-refractivity contribution in [2.45, 2.75) is 58.3 Å². The van der Waals surface area contributed by atoms with Crippen LogP contribution in [-0.4, -0.2) is 0 Å². The van der Waals surface area contributed by atoms with E-state index < -0.39 is 0 Å². The van der Waals surface area contributed by atoms with Crippen LogP contribution in [0.1, 0.15) is 67.7 Å². The molecule has 0 radical (unpaired) electrons. The fourth-order valence-corrected chi connectivity index (χ4v) is 7.01. The second-order valence-electron chi connectivity index (χ2n) is 10.9. The number of allylic oxidation sites excluding steroid dienone is 7. The van der Waals surface area contributed by atoms with E-state index in [0.717, 1.165) is 19.3 Å². The molecule has 3 aliphatic rings. The zero-order chi connectivity index (χ0) is 24.8. The Morgan fingerprint density at radius 2 is 1.78 bits per heavy atom. The van der Waals surface area contributed by atoms with Gasteiger partial charge in [-0.2, -0.15) is 0 Å². The van der Waals surface area contributed by atoms with Gasteiger partial charge in [0.1, 0.15) is 0 Å². The van der Waals surface area contributed by atoms with Gasteiger partial charge in [-0.15, -0.1) is 0 Å². The van der Waals surface area contributed by atoms with Crippen LogP contribution in [0, 0.1) is 5.92 Å². The molecule has 0 aromatic heterocycles. The zero-order valence-electron chi connectivity index (χ0n) is 21.7. The smallest absolute Gasteiger partial charge is 0.0207 e.